The average molecular weight is 1060 g/mol. The second kappa shape index (κ2) is 18.2. The van der Waals surface area contributed by atoms with E-state index in [-0.39, 0.29) is 12.6 Å². The zero-order chi connectivity index (χ0) is 53.1. The molecule has 0 aliphatic carbocycles. The van der Waals surface area contributed by atoms with E-state index in [1.807, 2.05) is 11.8 Å². The molecule has 6 nitrogen and oxygen atoms in total. The van der Waals surface area contributed by atoms with Crippen LogP contribution in [0.1, 0.15) is 22.6 Å². The van der Waals surface area contributed by atoms with Crippen LogP contribution >= 0.6 is 11.8 Å². The highest BCUT2D eigenvalue weighted by Gasteiger charge is 2.46. The van der Waals surface area contributed by atoms with E-state index in [2.05, 4.69) is 299 Å². The van der Waals surface area contributed by atoms with Crippen LogP contribution in [0.4, 0.5) is 68.2 Å². The molecule has 12 aromatic carbocycles. The molecular weight excluding hydrogens is 1010 g/mol. The van der Waals surface area contributed by atoms with E-state index in [1.54, 1.807) is 0 Å². The smallest absolute Gasteiger partial charge is 0.253 e. The Hall–Kier alpha value is -10.1. The second-order valence-corrected chi connectivity index (χ2v) is 22.2. The predicted octanol–water partition coefficient (Wildman–Crippen LogP) is 18.4. The van der Waals surface area contributed by atoms with Crippen molar-refractivity contribution in [2.45, 2.75) is 15.7 Å². The number of furan rings is 1. The second-order valence-electron chi connectivity index (χ2n) is 21.1. The zero-order valence-electron chi connectivity index (χ0n) is 43.7. The van der Waals surface area contributed by atoms with Gasteiger partial charge in [-0.2, -0.15) is 0 Å². The summed E-state index contributed by atoms with van der Waals surface area (Å²) in [5.41, 5.74) is 22.1. The molecule has 1 aromatic heterocycles. The molecule has 0 saturated carbocycles. The molecule has 4 aliphatic heterocycles. The van der Waals surface area contributed by atoms with Crippen molar-refractivity contribution in [2.75, 3.05) is 19.6 Å². The van der Waals surface area contributed by atoms with E-state index < -0.39 is 0 Å². The Balaban J connectivity index is 0.974. The van der Waals surface area contributed by atoms with Gasteiger partial charge in [0.25, 0.3) is 6.71 Å². The van der Waals surface area contributed by atoms with Crippen molar-refractivity contribution < 1.29 is 9.15 Å². The van der Waals surface area contributed by atoms with Crippen LogP contribution in [0.15, 0.2) is 293 Å². The summed E-state index contributed by atoms with van der Waals surface area (Å²) >= 11 is 1.85. The van der Waals surface area contributed by atoms with E-state index in [1.165, 1.54) is 37.4 Å². The summed E-state index contributed by atoms with van der Waals surface area (Å²) in [5.74, 6) is 1.61. The summed E-state index contributed by atoms with van der Waals surface area (Å²) in [5, 5.41) is 2.14. The Morgan fingerprint density at radius 1 is 0.370 bits per heavy atom. The molecule has 0 saturated heterocycles. The summed E-state index contributed by atoms with van der Waals surface area (Å²) in [6.45, 7) is -0.0969. The van der Waals surface area contributed by atoms with E-state index in [0.717, 1.165) is 107 Å². The molecule has 0 bridgehead atoms. The van der Waals surface area contributed by atoms with Crippen molar-refractivity contribution >= 4 is 125 Å². The van der Waals surface area contributed by atoms with Gasteiger partial charge in [0.15, 0.2) is 0 Å². The molecule has 81 heavy (non-hydrogen) atoms. The molecular formula is C73H47BN4O2S. The van der Waals surface area contributed by atoms with E-state index in [0.29, 0.717) is 0 Å². The lowest BCUT2D eigenvalue weighted by atomic mass is 9.35. The lowest BCUT2D eigenvalue weighted by Gasteiger charge is -2.46. The molecule has 1 unspecified atom stereocenters. The number of anilines is 12. The van der Waals surface area contributed by atoms with Crippen LogP contribution in [0.25, 0.3) is 21.9 Å². The fourth-order valence-electron chi connectivity index (χ4n) is 13.4. The van der Waals surface area contributed by atoms with Crippen molar-refractivity contribution in [1.82, 2.24) is 0 Å². The number of fused-ring (bicyclic) bond motifs is 11. The fourth-order valence-corrected chi connectivity index (χ4v) is 14.6. The Labute approximate surface area is 474 Å². The predicted molar refractivity (Wildman–Crippen MR) is 335 cm³/mol. The summed E-state index contributed by atoms with van der Waals surface area (Å²) in [7, 11) is 0. The monoisotopic (exact) mass is 1050 g/mol. The summed E-state index contributed by atoms with van der Waals surface area (Å²) < 4.78 is 13.9. The van der Waals surface area contributed by atoms with Gasteiger partial charge in [0, 0.05) is 61.2 Å². The topological polar surface area (TPSA) is 35.3 Å². The minimum atomic E-state index is -0.146. The summed E-state index contributed by atoms with van der Waals surface area (Å²) in [6.07, 6.45) is 0. The molecule has 0 N–H and O–H groups in total. The van der Waals surface area contributed by atoms with Crippen LogP contribution in [0, 0.1) is 0 Å². The summed E-state index contributed by atoms with van der Waals surface area (Å²) in [6, 6.07) is 101. The van der Waals surface area contributed by atoms with Crippen LogP contribution in [-0.2, 0) is 0 Å². The molecule has 0 spiro atoms. The van der Waals surface area contributed by atoms with Gasteiger partial charge in [0.05, 0.1) is 45.2 Å². The number of benzene rings is 12. The molecule has 380 valence electrons. The first-order chi connectivity index (χ1) is 40.2. The van der Waals surface area contributed by atoms with Crippen LogP contribution < -0.4 is 40.7 Å². The minimum Gasteiger partial charge on any atom is -0.458 e. The van der Waals surface area contributed by atoms with Gasteiger partial charge in [0.1, 0.15) is 22.7 Å². The van der Waals surface area contributed by atoms with Crippen molar-refractivity contribution in [2.24, 2.45) is 0 Å². The van der Waals surface area contributed by atoms with E-state index in [4.69, 9.17) is 9.15 Å². The van der Waals surface area contributed by atoms with Crippen molar-refractivity contribution in [3.8, 4) is 11.5 Å². The Kier molecular flexibility index (Phi) is 10.3. The molecule has 1 atom stereocenters. The van der Waals surface area contributed by atoms with Gasteiger partial charge in [0.2, 0.25) is 0 Å². The highest BCUT2D eigenvalue weighted by Crippen LogP contribution is 2.63. The SMILES string of the molecule is c1ccc(N(c2ccccc2)c2cc3c4c(c2)Sc2cc5c(cc2B4c2ccccc2O3)C2c3ccccc3N(c3ccccc3)c3cc(N(c4ccccc4)c4ccccc4)cc(c32)N5c2cccc3oc4ccccc4c23)cc1. The Bertz CT molecular complexity index is 4560. The third-order valence-electron chi connectivity index (χ3n) is 16.7. The standard InChI is InChI=1S/C73H47BN4O2S/c1-6-23-47(24-7-1)75(48-25-8-2-9-26-48)52-41-62-72-63(42-52)78(60-37-22-40-66-71(60)55-34-17-20-38-64(55)79-66)61-46-68-58(45-56(61)70(72)54-33-16-19-36-59(54)77(62)51-31-14-5-15-32-51)74-57-35-18-21-39-65(57)80-67-43-53(44-69(81-68)73(67)74)76(49-27-10-3-11-28-49)50-29-12-4-13-30-50/h1-46,70H. The first kappa shape index (κ1) is 45.8. The molecule has 0 amide bonds. The lowest BCUT2D eigenvalue weighted by molar-refractivity contribution is 0.486. The summed E-state index contributed by atoms with van der Waals surface area (Å²) in [4.78, 5) is 12.2. The maximum Gasteiger partial charge on any atom is 0.253 e. The first-order valence-electron chi connectivity index (χ1n) is 27.6. The molecule has 13 aromatic rings. The molecule has 0 fully saturated rings. The minimum absolute atomic E-state index is 0.0969. The molecule has 17 rings (SSSR count). The van der Waals surface area contributed by atoms with Crippen LogP contribution in [-0.4, -0.2) is 6.71 Å². The van der Waals surface area contributed by atoms with Crippen molar-refractivity contribution in [1.29, 1.82) is 0 Å². The Morgan fingerprint density at radius 2 is 0.926 bits per heavy atom. The lowest BCUT2D eigenvalue weighted by Crippen LogP contribution is -2.58. The average Bonchev–Trinajstić information content (AvgIpc) is 4.05. The highest BCUT2D eigenvalue weighted by atomic mass is 32.2. The van der Waals surface area contributed by atoms with Gasteiger partial charge in [-0.15, -0.1) is 0 Å². The molecule has 0 radical (unpaired) electrons. The van der Waals surface area contributed by atoms with Crippen LogP contribution in [0.5, 0.6) is 11.5 Å². The maximum atomic E-state index is 7.10. The van der Waals surface area contributed by atoms with E-state index in [9.17, 15) is 0 Å². The third kappa shape index (κ3) is 7.10. The fraction of sp³-hybridized carbons (Fsp3) is 0.0137. The maximum absolute atomic E-state index is 7.10. The number of hydrogen-bond acceptors (Lipinski definition) is 7. The number of nitrogens with zero attached hydrogens (tertiary/aromatic N) is 4. The molecule has 4 aliphatic rings. The quantitative estimate of drug-likeness (QED) is 0.140. The Morgan fingerprint density at radius 3 is 1.62 bits per heavy atom. The van der Waals surface area contributed by atoms with Crippen molar-refractivity contribution in [3.63, 3.8) is 0 Å². The number of rotatable bonds is 8. The first-order valence-corrected chi connectivity index (χ1v) is 28.5. The number of para-hydroxylation sites is 8. The van der Waals surface area contributed by atoms with E-state index >= 15 is 0 Å². The largest absolute Gasteiger partial charge is 0.458 e. The van der Waals surface area contributed by atoms with Gasteiger partial charge in [-0.3, -0.25) is 0 Å². The van der Waals surface area contributed by atoms with Crippen LogP contribution in [0.3, 0.4) is 0 Å². The zero-order valence-corrected chi connectivity index (χ0v) is 44.5. The molecule has 5 heterocycles. The van der Waals surface area contributed by atoms with Crippen molar-refractivity contribution in [3.05, 3.63) is 296 Å². The highest BCUT2D eigenvalue weighted by molar-refractivity contribution is 8.00. The number of ether oxygens (including phenoxy) is 1. The molecule has 8 heteroatoms. The van der Waals surface area contributed by atoms with Gasteiger partial charge in [-0.25, -0.2) is 0 Å². The van der Waals surface area contributed by atoms with Crippen LogP contribution in [0.2, 0.25) is 0 Å². The van der Waals surface area contributed by atoms with Gasteiger partial charge < -0.3 is 28.8 Å². The van der Waals surface area contributed by atoms with Gasteiger partial charge >= 0.3 is 0 Å². The van der Waals surface area contributed by atoms with Gasteiger partial charge in [-0.05, 0) is 137 Å². The third-order valence-corrected chi connectivity index (χ3v) is 17.8. The number of hydrogen-bond donors (Lipinski definition) is 0. The normalized spacial score (nSPS) is 14.0. The van der Waals surface area contributed by atoms with Gasteiger partial charge in [-0.1, -0.05) is 175 Å².